The maximum atomic E-state index is 5.82. The molecule has 0 atom stereocenters. The third-order valence-corrected chi connectivity index (χ3v) is 2.85. The van der Waals surface area contributed by atoms with Gasteiger partial charge in [-0.1, -0.05) is 55.8 Å². The van der Waals surface area contributed by atoms with E-state index in [-0.39, 0.29) is 0 Å². The molecule has 1 nitrogen and oxygen atoms in total. The van der Waals surface area contributed by atoms with Gasteiger partial charge in [0.05, 0.1) is 0 Å². The number of rotatable bonds is 6. The van der Waals surface area contributed by atoms with Gasteiger partial charge in [0.25, 0.3) is 0 Å². The number of ether oxygens (including phenoxy) is 1. The van der Waals surface area contributed by atoms with Crippen molar-refractivity contribution in [1.29, 1.82) is 0 Å². The van der Waals surface area contributed by atoms with E-state index in [0.717, 1.165) is 24.3 Å². The van der Waals surface area contributed by atoms with E-state index in [1.807, 2.05) is 42.5 Å². The van der Waals surface area contributed by atoms with Crippen LogP contribution in [-0.2, 0) is 6.42 Å². The number of benzene rings is 2. The first kappa shape index (κ1) is 13.4. The Morgan fingerprint density at radius 3 is 2.47 bits per heavy atom. The summed E-state index contributed by atoms with van der Waals surface area (Å²) in [5, 5.41) is 0. The Labute approximate surface area is 115 Å². The quantitative estimate of drug-likeness (QED) is 0.627. The molecular formula is C18H20O. The number of unbranched alkanes of at least 4 members (excludes halogenated alkanes) is 1. The topological polar surface area (TPSA) is 9.23 Å². The van der Waals surface area contributed by atoms with Gasteiger partial charge in [-0.15, -0.1) is 0 Å². The molecule has 0 saturated heterocycles. The lowest BCUT2D eigenvalue weighted by atomic mass is 10.1. The first-order valence-electron chi connectivity index (χ1n) is 6.85. The zero-order valence-electron chi connectivity index (χ0n) is 11.4. The molecular weight excluding hydrogens is 232 g/mol. The molecule has 98 valence electrons. The van der Waals surface area contributed by atoms with E-state index in [1.165, 1.54) is 12.0 Å². The predicted octanol–water partition coefficient (Wildman–Crippen LogP) is 5.38. The van der Waals surface area contributed by atoms with Crippen LogP contribution >= 0.6 is 0 Å². The van der Waals surface area contributed by atoms with Crippen molar-refractivity contribution in [1.82, 2.24) is 0 Å². The highest BCUT2D eigenvalue weighted by Crippen LogP contribution is 2.22. The van der Waals surface area contributed by atoms with E-state index >= 15 is 0 Å². The maximum Gasteiger partial charge on any atom is 0.127 e. The van der Waals surface area contributed by atoms with Crippen molar-refractivity contribution < 1.29 is 4.74 Å². The Morgan fingerprint density at radius 1 is 0.895 bits per heavy atom. The van der Waals surface area contributed by atoms with Gasteiger partial charge in [-0.05, 0) is 42.7 Å². The number of allylic oxidation sites excluding steroid dienone is 2. The highest BCUT2D eigenvalue weighted by Gasteiger charge is 1.97. The molecule has 19 heavy (non-hydrogen) atoms. The summed E-state index contributed by atoms with van der Waals surface area (Å²) in [4.78, 5) is 0. The highest BCUT2D eigenvalue weighted by molar-refractivity contribution is 5.34. The van der Waals surface area contributed by atoms with Gasteiger partial charge in [0, 0.05) is 0 Å². The summed E-state index contributed by atoms with van der Waals surface area (Å²) in [5.41, 5.74) is 1.28. The number of para-hydroxylation sites is 1. The van der Waals surface area contributed by atoms with Crippen LogP contribution in [0.4, 0.5) is 0 Å². The molecule has 0 N–H and O–H groups in total. The smallest absolute Gasteiger partial charge is 0.127 e. The van der Waals surface area contributed by atoms with E-state index in [1.54, 1.807) is 0 Å². The third kappa shape index (κ3) is 4.63. The van der Waals surface area contributed by atoms with E-state index in [4.69, 9.17) is 4.74 Å². The van der Waals surface area contributed by atoms with Crippen LogP contribution in [0.1, 0.15) is 25.3 Å². The van der Waals surface area contributed by atoms with Crippen molar-refractivity contribution in [2.45, 2.75) is 26.2 Å². The van der Waals surface area contributed by atoms with Crippen LogP contribution in [0.2, 0.25) is 0 Å². The van der Waals surface area contributed by atoms with E-state index < -0.39 is 0 Å². The molecule has 0 radical (unpaired) electrons. The minimum Gasteiger partial charge on any atom is -0.457 e. The van der Waals surface area contributed by atoms with Crippen molar-refractivity contribution in [3.05, 3.63) is 72.3 Å². The Bertz CT molecular complexity index is 514. The first-order chi connectivity index (χ1) is 9.38. The second kappa shape index (κ2) is 7.42. The normalized spacial score (nSPS) is 10.8. The molecule has 0 heterocycles. The zero-order valence-corrected chi connectivity index (χ0v) is 11.4. The lowest BCUT2D eigenvalue weighted by Gasteiger charge is -2.06. The maximum absolute atomic E-state index is 5.82. The molecule has 1 heteroatoms. The van der Waals surface area contributed by atoms with Crippen LogP contribution < -0.4 is 4.74 Å². The molecule has 0 fully saturated rings. The molecule has 0 spiro atoms. The van der Waals surface area contributed by atoms with Crippen LogP contribution in [0.5, 0.6) is 11.5 Å². The second-order valence-electron chi connectivity index (χ2n) is 4.53. The molecule has 0 unspecified atom stereocenters. The summed E-state index contributed by atoms with van der Waals surface area (Å²) in [6, 6.07) is 18.1. The average molecular weight is 252 g/mol. The van der Waals surface area contributed by atoms with Crippen LogP contribution in [0, 0.1) is 0 Å². The standard InChI is InChI=1S/C18H20O/c1-2-3-4-6-10-16-11-9-14-18(15-16)19-17-12-7-5-8-13-17/h4-9,11-15H,2-3,10H2,1H3. The van der Waals surface area contributed by atoms with E-state index in [0.29, 0.717) is 0 Å². The van der Waals surface area contributed by atoms with Gasteiger partial charge in [0.15, 0.2) is 0 Å². The monoisotopic (exact) mass is 252 g/mol. The van der Waals surface area contributed by atoms with Crippen LogP contribution in [0.25, 0.3) is 0 Å². The van der Waals surface area contributed by atoms with Gasteiger partial charge in [-0.3, -0.25) is 0 Å². The lowest BCUT2D eigenvalue weighted by Crippen LogP contribution is -1.86. The van der Waals surface area contributed by atoms with Crippen molar-refractivity contribution >= 4 is 0 Å². The Kier molecular flexibility index (Phi) is 5.24. The lowest BCUT2D eigenvalue weighted by molar-refractivity contribution is 0.482. The van der Waals surface area contributed by atoms with Gasteiger partial charge in [-0.2, -0.15) is 0 Å². The fourth-order valence-corrected chi connectivity index (χ4v) is 1.86. The van der Waals surface area contributed by atoms with Gasteiger partial charge in [0.2, 0.25) is 0 Å². The molecule has 0 aliphatic carbocycles. The molecule has 0 bridgehead atoms. The molecule has 0 saturated carbocycles. The van der Waals surface area contributed by atoms with Crippen molar-refractivity contribution in [2.75, 3.05) is 0 Å². The predicted molar refractivity (Wildman–Crippen MR) is 80.7 cm³/mol. The summed E-state index contributed by atoms with van der Waals surface area (Å²) in [7, 11) is 0. The van der Waals surface area contributed by atoms with Gasteiger partial charge < -0.3 is 4.74 Å². The Hall–Kier alpha value is -2.02. The summed E-state index contributed by atoms with van der Waals surface area (Å²) in [6.45, 7) is 2.19. The fraction of sp³-hybridized carbons (Fsp3) is 0.222. The minimum atomic E-state index is 0.876. The average Bonchev–Trinajstić information content (AvgIpc) is 2.45. The van der Waals surface area contributed by atoms with Crippen LogP contribution in [-0.4, -0.2) is 0 Å². The van der Waals surface area contributed by atoms with Crippen molar-refractivity contribution in [3.63, 3.8) is 0 Å². The zero-order chi connectivity index (χ0) is 13.3. The second-order valence-corrected chi connectivity index (χ2v) is 4.53. The van der Waals surface area contributed by atoms with Gasteiger partial charge in [-0.25, -0.2) is 0 Å². The summed E-state index contributed by atoms with van der Waals surface area (Å²) >= 11 is 0. The van der Waals surface area contributed by atoms with E-state index in [2.05, 4.69) is 31.2 Å². The first-order valence-corrected chi connectivity index (χ1v) is 6.85. The van der Waals surface area contributed by atoms with Crippen molar-refractivity contribution in [2.24, 2.45) is 0 Å². The molecule has 2 aromatic rings. The van der Waals surface area contributed by atoms with Crippen LogP contribution in [0.15, 0.2) is 66.7 Å². The van der Waals surface area contributed by atoms with Crippen molar-refractivity contribution in [3.8, 4) is 11.5 Å². The molecule has 2 rings (SSSR count). The summed E-state index contributed by atoms with van der Waals surface area (Å²) < 4.78 is 5.82. The molecule has 0 aliphatic heterocycles. The highest BCUT2D eigenvalue weighted by atomic mass is 16.5. The SMILES string of the molecule is CCCC=CCc1cccc(Oc2ccccc2)c1. The summed E-state index contributed by atoms with van der Waals surface area (Å²) in [6.07, 6.45) is 7.79. The molecule has 0 aliphatic rings. The molecule has 0 aromatic heterocycles. The Balaban J connectivity index is 1.99. The van der Waals surface area contributed by atoms with Gasteiger partial charge in [0.1, 0.15) is 11.5 Å². The number of hydrogen-bond donors (Lipinski definition) is 0. The molecule has 0 amide bonds. The fourth-order valence-electron chi connectivity index (χ4n) is 1.86. The van der Waals surface area contributed by atoms with E-state index in [9.17, 15) is 0 Å². The molecule has 2 aromatic carbocycles. The summed E-state index contributed by atoms with van der Waals surface area (Å²) in [5.74, 6) is 1.77. The Morgan fingerprint density at radius 2 is 1.68 bits per heavy atom. The largest absolute Gasteiger partial charge is 0.457 e. The number of hydrogen-bond acceptors (Lipinski definition) is 1. The minimum absolute atomic E-state index is 0.876. The third-order valence-electron chi connectivity index (χ3n) is 2.85. The van der Waals surface area contributed by atoms with Crippen LogP contribution in [0.3, 0.4) is 0 Å². The van der Waals surface area contributed by atoms with Gasteiger partial charge >= 0.3 is 0 Å².